The zero-order valence-electron chi connectivity index (χ0n) is 15.3. The quantitative estimate of drug-likeness (QED) is 0.566. The van der Waals surface area contributed by atoms with Crippen molar-refractivity contribution in [2.45, 2.75) is 13.0 Å². The first-order valence-electron chi connectivity index (χ1n) is 8.73. The van der Waals surface area contributed by atoms with Gasteiger partial charge in [0.1, 0.15) is 30.8 Å². The number of aliphatic hydroxyl groups is 1. The van der Waals surface area contributed by atoms with E-state index in [1.165, 1.54) is 0 Å². The van der Waals surface area contributed by atoms with Gasteiger partial charge in [-0.15, -0.1) is 0 Å². The second-order valence-electron chi connectivity index (χ2n) is 5.57. The maximum Gasteiger partial charge on any atom is 0.161 e. The number of rotatable bonds is 12. The molecule has 6 heteroatoms. The highest BCUT2D eigenvalue weighted by atomic mass is 16.5. The predicted molar refractivity (Wildman–Crippen MR) is 100 cm³/mol. The molecule has 26 heavy (non-hydrogen) atoms. The molecular formula is C20H27NO5. The van der Waals surface area contributed by atoms with E-state index in [0.717, 1.165) is 5.75 Å². The summed E-state index contributed by atoms with van der Waals surface area (Å²) in [5.74, 6) is 2.91. The minimum absolute atomic E-state index is 0.217. The summed E-state index contributed by atoms with van der Waals surface area (Å²) in [7, 11) is 1.61. The second-order valence-corrected chi connectivity index (χ2v) is 5.57. The molecule has 0 aliphatic rings. The Balaban J connectivity index is 1.59. The van der Waals surface area contributed by atoms with Crippen molar-refractivity contribution in [3.63, 3.8) is 0 Å². The van der Waals surface area contributed by atoms with Crippen LogP contribution >= 0.6 is 0 Å². The molecule has 0 aliphatic heterocycles. The number of para-hydroxylation sites is 2. The van der Waals surface area contributed by atoms with Crippen molar-refractivity contribution in [3.05, 3.63) is 48.5 Å². The molecule has 1 unspecified atom stereocenters. The van der Waals surface area contributed by atoms with Crippen LogP contribution in [-0.4, -0.2) is 51.2 Å². The monoisotopic (exact) mass is 361 g/mol. The van der Waals surface area contributed by atoms with Crippen LogP contribution in [0.25, 0.3) is 0 Å². The van der Waals surface area contributed by atoms with E-state index in [2.05, 4.69) is 5.32 Å². The maximum atomic E-state index is 9.97. The molecule has 0 heterocycles. The first-order chi connectivity index (χ1) is 12.7. The third kappa shape index (κ3) is 6.82. The Morgan fingerprint density at radius 1 is 0.923 bits per heavy atom. The summed E-state index contributed by atoms with van der Waals surface area (Å²) >= 11 is 0. The summed E-state index contributed by atoms with van der Waals surface area (Å²) in [6.07, 6.45) is -0.604. The van der Waals surface area contributed by atoms with Gasteiger partial charge in [-0.1, -0.05) is 12.1 Å². The molecule has 0 saturated heterocycles. The summed E-state index contributed by atoms with van der Waals surface area (Å²) in [6, 6.07) is 14.8. The highest BCUT2D eigenvalue weighted by Crippen LogP contribution is 2.25. The van der Waals surface area contributed by atoms with Crippen molar-refractivity contribution in [1.82, 2.24) is 5.32 Å². The Kier molecular flexibility index (Phi) is 8.59. The first kappa shape index (κ1) is 19.9. The van der Waals surface area contributed by atoms with Crippen molar-refractivity contribution in [2.24, 2.45) is 0 Å². The normalized spacial score (nSPS) is 11.7. The van der Waals surface area contributed by atoms with Gasteiger partial charge in [0, 0.05) is 13.1 Å². The molecule has 0 fully saturated rings. The lowest BCUT2D eigenvalue weighted by Gasteiger charge is -2.14. The Morgan fingerprint density at radius 2 is 1.58 bits per heavy atom. The van der Waals surface area contributed by atoms with E-state index < -0.39 is 6.10 Å². The zero-order valence-corrected chi connectivity index (χ0v) is 15.3. The number of hydrogen-bond donors (Lipinski definition) is 2. The SMILES string of the molecule is CCOc1ccc(OCC(O)CNCCOc2ccccc2OC)cc1. The molecular weight excluding hydrogens is 334 g/mol. The van der Waals surface area contributed by atoms with Crippen molar-refractivity contribution in [2.75, 3.05) is 40.0 Å². The van der Waals surface area contributed by atoms with Gasteiger partial charge in [-0.25, -0.2) is 0 Å². The van der Waals surface area contributed by atoms with Crippen LogP contribution in [0, 0.1) is 0 Å². The molecule has 0 aliphatic carbocycles. The molecule has 2 aromatic carbocycles. The van der Waals surface area contributed by atoms with E-state index >= 15 is 0 Å². The summed E-state index contributed by atoms with van der Waals surface area (Å²) in [5.41, 5.74) is 0. The number of nitrogens with one attached hydrogen (secondary N) is 1. The zero-order chi connectivity index (χ0) is 18.6. The highest BCUT2D eigenvalue weighted by molar-refractivity contribution is 5.39. The molecule has 0 aromatic heterocycles. The molecule has 1 atom stereocenters. The van der Waals surface area contributed by atoms with Crippen LogP contribution < -0.4 is 24.3 Å². The van der Waals surface area contributed by atoms with Crippen LogP contribution in [0.4, 0.5) is 0 Å². The van der Waals surface area contributed by atoms with Crippen LogP contribution in [-0.2, 0) is 0 Å². The van der Waals surface area contributed by atoms with Crippen molar-refractivity contribution < 1.29 is 24.1 Å². The lowest BCUT2D eigenvalue weighted by molar-refractivity contribution is 0.105. The average Bonchev–Trinajstić information content (AvgIpc) is 2.67. The minimum Gasteiger partial charge on any atom is -0.494 e. The van der Waals surface area contributed by atoms with E-state index in [9.17, 15) is 5.11 Å². The van der Waals surface area contributed by atoms with E-state index in [0.29, 0.717) is 43.6 Å². The summed E-state index contributed by atoms with van der Waals surface area (Å²) in [5, 5.41) is 13.1. The largest absolute Gasteiger partial charge is 0.494 e. The van der Waals surface area contributed by atoms with E-state index in [4.69, 9.17) is 18.9 Å². The molecule has 0 radical (unpaired) electrons. The Morgan fingerprint density at radius 3 is 2.23 bits per heavy atom. The fraction of sp³-hybridized carbons (Fsp3) is 0.400. The van der Waals surface area contributed by atoms with Gasteiger partial charge in [-0.05, 0) is 43.3 Å². The molecule has 0 spiro atoms. The lowest BCUT2D eigenvalue weighted by atomic mass is 10.3. The topological polar surface area (TPSA) is 69.2 Å². The number of benzene rings is 2. The van der Waals surface area contributed by atoms with E-state index in [1.54, 1.807) is 7.11 Å². The molecule has 2 N–H and O–H groups in total. The number of hydrogen-bond acceptors (Lipinski definition) is 6. The summed E-state index contributed by atoms with van der Waals surface area (Å²) in [4.78, 5) is 0. The predicted octanol–water partition coefficient (Wildman–Crippen LogP) is 2.50. The van der Waals surface area contributed by atoms with E-state index in [1.807, 2.05) is 55.5 Å². The Hall–Kier alpha value is -2.44. The van der Waals surface area contributed by atoms with Crippen molar-refractivity contribution >= 4 is 0 Å². The molecule has 0 amide bonds. The maximum absolute atomic E-state index is 9.97. The standard InChI is InChI=1S/C20H27NO5/c1-3-24-17-8-10-18(11-9-17)26-15-16(22)14-21-12-13-25-20-7-5-4-6-19(20)23-2/h4-11,16,21-22H,3,12-15H2,1-2H3. The molecule has 0 saturated carbocycles. The Bertz CT molecular complexity index is 632. The fourth-order valence-electron chi connectivity index (χ4n) is 2.29. The first-order valence-corrected chi connectivity index (χ1v) is 8.73. The third-order valence-corrected chi connectivity index (χ3v) is 3.56. The second kappa shape index (κ2) is 11.2. The lowest BCUT2D eigenvalue weighted by Crippen LogP contribution is -2.33. The molecule has 2 aromatic rings. The van der Waals surface area contributed by atoms with Crippen LogP contribution in [0.5, 0.6) is 23.0 Å². The van der Waals surface area contributed by atoms with Crippen LogP contribution in [0.2, 0.25) is 0 Å². The fourth-order valence-corrected chi connectivity index (χ4v) is 2.29. The van der Waals surface area contributed by atoms with Gasteiger partial charge in [0.2, 0.25) is 0 Å². The van der Waals surface area contributed by atoms with Gasteiger partial charge in [0.05, 0.1) is 13.7 Å². The molecule has 6 nitrogen and oxygen atoms in total. The van der Waals surface area contributed by atoms with Gasteiger partial charge >= 0.3 is 0 Å². The average molecular weight is 361 g/mol. The number of aliphatic hydroxyl groups excluding tert-OH is 1. The van der Waals surface area contributed by atoms with Gasteiger partial charge in [-0.3, -0.25) is 0 Å². The molecule has 0 bridgehead atoms. The van der Waals surface area contributed by atoms with Crippen molar-refractivity contribution in [3.8, 4) is 23.0 Å². The number of methoxy groups -OCH3 is 1. The molecule has 2 rings (SSSR count). The van der Waals surface area contributed by atoms with Gasteiger partial charge in [-0.2, -0.15) is 0 Å². The summed E-state index contributed by atoms with van der Waals surface area (Å²) in [6.45, 7) is 4.30. The van der Waals surface area contributed by atoms with Crippen molar-refractivity contribution in [1.29, 1.82) is 0 Å². The van der Waals surface area contributed by atoms with E-state index in [-0.39, 0.29) is 6.61 Å². The molecule has 142 valence electrons. The number of ether oxygens (including phenoxy) is 4. The van der Waals surface area contributed by atoms with Crippen LogP contribution in [0.15, 0.2) is 48.5 Å². The third-order valence-electron chi connectivity index (χ3n) is 3.56. The van der Waals surface area contributed by atoms with Gasteiger partial charge in [0.15, 0.2) is 11.5 Å². The summed E-state index contributed by atoms with van der Waals surface area (Å²) < 4.78 is 21.8. The highest BCUT2D eigenvalue weighted by Gasteiger charge is 2.06. The van der Waals surface area contributed by atoms with Crippen LogP contribution in [0.3, 0.4) is 0 Å². The van der Waals surface area contributed by atoms with Crippen LogP contribution in [0.1, 0.15) is 6.92 Å². The minimum atomic E-state index is -0.604. The Labute approximate surface area is 154 Å². The smallest absolute Gasteiger partial charge is 0.161 e. The van der Waals surface area contributed by atoms with Gasteiger partial charge < -0.3 is 29.4 Å². The van der Waals surface area contributed by atoms with Gasteiger partial charge in [0.25, 0.3) is 0 Å².